The maximum atomic E-state index is 12.5. The summed E-state index contributed by atoms with van der Waals surface area (Å²) in [7, 11) is -3.74. The molecule has 1 aliphatic carbocycles. The molecule has 2 atom stereocenters. The summed E-state index contributed by atoms with van der Waals surface area (Å²) >= 11 is 0. The standard InChI is InChI=1S/C16H19N3O2S/c1-13-3-2-9-16(11-13,12-18)19-22(20,21)15-6-4-14(5-7-15)8-10-17/h4-7,13,19H,2-3,8-9,11H2,1H3. The predicted octanol–water partition coefficient (Wildman–Crippen LogP) is 2.50. The van der Waals surface area contributed by atoms with Gasteiger partial charge < -0.3 is 0 Å². The highest BCUT2D eigenvalue weighted by Crippen LogP contribution is 2.33. The molecule has 0 radical (unpaired) electrons. The van der Waals surface area contributed by atoms with Gasteiger partial charge >= 0.3 is 0 Å². The first-order chi connectivity index (χ1) is 10.4. The van der Waals surface area contributed by atoms with Crippen molar-refractivity contribution in [2.24, 2.45) is 5.92 Å². The van der Waals surface area contributed by atoms with Crippen LogP contribution in [-0.2, 0) is 16.4 Å². The number of hydrogen-bond donors (Lipinski definition) is 1. The molecule has 22 heavy (non-hydrogen) atoms. The van der Waals surface area contributed by atoms with Gasteiger partial charge in [-0.05, 0) is 36.5 Å². The summed E-state index contributed by atoms with van der Waals surface area (Å²) in [6.07, 6.45) is 3.19. The molecule has 0 amide bonds. The molecule has 0 aromatic heterocycles. The van der Waals surface area contributed by atoms with Crippen LogP contribution in [0.4, 0.5) is 0 Å². The zero-order chi connectivity index (χ0) is 16.2. The summed E-state index contributed by atoms with van der Waals surface area (Å²) in [5, 5.41) is 18.1. The van der Waals surface area contributed by atoms with Crippen molar-refractivity contribution in [1.29, 1.82) is 10.5 Å². The molecule has 0 bridgehead atoms. The summed E-state index contributed by atoms with van der Waals surface area (Å²) in [5.74, 6) is 0.328. The van der Waals surface area contributed by atoms with E-state index in [9.17, 15) is 13.7 Å². The monoisotopic (exact) mass is 317 g/mol. The van der Waals surface area contributed by atoms with Gasteiger partial charge in [-0.15, -0.1) is 0 Å². The second-order valence-corrected chi connectivity index (χ2v) is 7.66. The lowest BCUT2D eigenvalue weighted by Crippen LogP contribution is -2.49. The van der Waals surface area contributed by atoms with E-state index >= 15 is 0 Å². The Balaban J connectivity index is 2.23. The first-order valence-corrected chi connectivity index (χ1v) is 8.80. The smallest absolute Gasteiger partial charge is 0.207 e. The van der Waals surface area contributed by atoms with E-state index in [1.807, 2.05) is 13.0 Å². The highest BCUT2D eigenvalue weighted by Gasteiger charge is 2.39. The van der Waals surface area contributed by atoms with Gasteiger partial charge in [-0.2, -0.15) is 15.2 Å². The van der Waals surface area contributed by atoms with E-state index in [1.54, 1.807) is 12.1 Å². The van der Waals surface area contributed by atoms with E-state index in [-0.39, 0.29) is 11.3 Å². The summed E-state index contributed by atoms with van der Waals surface area (Å²) in [6.45, 7) is 2.04. The molecule has 1 fully saturated rings. The Morgan fingerprint density at radius 1 is 1.32 bits per heavy atom. The van der Waals surface area contributed by atoms with Crippen molar-refractivity contribution in [3.8, 4) is 12.1 Å². The van der Waals surface area contributed by atoms with Crippen LogP contribution in [0, 0.1) is 28.6 Å². The summed E-state index contributed by atoms with van der Waals surface area (Å²) in [5.41, 5.74) is -0.246. The number of nitrogens with zero attached hydrogens (tertiary/aromatic N) is 2. The fraction of sp³-hybridized carbons (Fsp3) is 0.500. The molecule has 1 aliphatic rings. The van der Waals surface area contributed by atoms with Crippen LogP contribution in [0.3, 0.4) is 0 Å². The van der Waals surface area contributed by atoms with Gasteiger partial charge in [-0.3, -0.25) is 0 Å². The Morgan fingerprint density at radius 2 is 2.00 bits per heavy atom. The number of nitrogens with one attached hydrogen (secondary N) is 1. The van der Waals surface area contributed by atoms with Crippen molar-refractivity contribution in [2.75, 3.05) is 0 Å². The minimum atomic E-state index is -3.74. The average molecular weight is 317 g/mol. The van der Waals surface area contributed by atoms with Crippen molar-refractivity contribution in [2.45, 2.75) is 49.5 Å². The fourth-order valence-corrected chi connectivity index (χ4v) is 4.32. The third-order valence-electron chi connectivity index (χ3n) is 4.06. The topological polar surface area (TPSA) is 93.8 Å². The van der Waals surface area contributed by atoms with Crippen molar-refractivity contribution in [3.05, 3.63) is 29.8 Å². The van der Waals surface area contributed by atoms with Gasteiger partial charge in [0.25, 0.3) is 0 Å². The molecule has 1 aromatic carbocycles. The molecule has 1 saturated carbocycles. The van der Waals surface area contributed by atoms with Gasteiger partial charge in [0, 0.05) is 0 Å². The molecule has 1 aromatic rings. The minimum Gasteiger partial charge on any atom is -0.207 e. The van der Waals surface area contributed by atoms with E-state index in [2.05, 4.69) is 10.8 Å². The molecule has 116 valence electrons. The van der Waals surface area contributed by atoms with Gasteiger partial charge in [0.05, 0.1) is 23.5 Å². The van der Waals surface area contributed by atoms with Gasteiger partial charge in [0.1, 0.15) is 5.54 Å². The lowest BCUT2D eigenvalue weighted by atomic mass is 9.78. The second kappa shape index (κ2) is 6.48. The molecule has 0 aliphatic heterocycles. The zero-order valence-electron chi connectivity index (χ0n) is 12.5. The van der Waals surface area contributed by atoms with E-state index in [0.29, 0.717) is 18.8 Å². The molecule has 0 spiro atoms. The van der Waals surface area contributed by atoms with Crippen LogP contribution in [0.15, 0.2) is 29.2 Å². The van der Waals surface area contributed by atoms with Crippen LogP contribution in [0.1, 0.15) is 38.2 Å². The zero-order valence-corrected chi connectivity index (χ0v) is 13.4. The summed E-state index contributed by atoms with van der Waals surface area (Å²) in [6, 6.07) is 10.4. The highest BCUT2D eigenvalue weighted by molar-refractivity contribution is 7.89. The SMILES string of the molecule is CC1CCCC(C#N)(NS(=O)(=O)c2ccc(CC#N)cc2)C1. The lowest BCUT2D eigenvalue weighted by Gasteiger charge is -2.34. The van der Waals surface area contributed by atoms with Crippen LogP contribution in [0.2, 0.25) is 0 Å². The van der Waals surface area contributed by atoms with Crippen molar-refractivity contribution in [1.82, 2.24) is 4.72 Å². The molecular weight excluding hydrogens is 298 g/mol. The van der Waals surface area contributed by atoms with Crippen LogP contribution in [0.25, 0.3) is 0 Å². The number of benzene rings is 1. The third kappa shape index (κ3) is 3.65. The van der Waals surface area contributed by atoms with Crippen molar-refractivity contribution < 1.29 is 8.42 Å². The number of nitriles is 2. The van der Waals surface area contributed by atoms with Crippen LogP contribution >= 0.6 is 0 Å². The Labute approximate surface area is 131 Å². The highest BCUT2D eigenvalue weighted by atomic mass is 32.2. The molecule has 6 heteroatoms. The number of sulfonamides is 1. The predicted molar refractivity (Wildman–Crippen MR) is 82.1 cm³/mol. The van der Waals surface area contributed by atoms with E-state index in [4.69, 9.17) is 5.26 Å². The van der Waals surface area contributed by atoms with Gasteiger partial charge in [-0.1, -0.05) is 31.9 Å². The molecule has 0 saturated heterocycles. The van der Waals surface area contributed by atoms with Crippen molar-refractivity contribution >= 4 is 10.0 Å². The van der Waals surface area contributed by atoms with E-state index in [0.717, 1.165) is 18.4 Å². The fourth-order valence-electron chi connectivity index (χ4n) is 2.96. The Hall–Kier alpha value is -1.89. The molecule has 0 heterocycles. The minimum absolute atomic E-state index is 0.127. The third-order valence-corrected chi connectivity index (χ3v) is 5.61. The average Bonchev–Trinajstić information content (AvgIpc) is 2.48. The molecule has 2 rings (SSSR count). The molecule has 2 unspecified atom stereocenters. The molecular formula is C16H19N3O2S. The summed E-state index contributed by atoms with van der Waals surface area (Å²) in [4.78, 5) is 0.127. The summed E-state index contributed by atoms with van der Waals surface area (Å²) < 4.78 is 27.6. The maximum Gasteiger partial charge on any atom is 0.241 e. The second-order valence-electron chi connectivity index (χ2n) is 5.98. The molecule has 1 N–H and O–H groups in total. The Kier molecular flexibility index (Phi) is 4.85. The van der Waals surface area contributed by atoms with E-state index < -0.39 is 15.6 Å². The Morgan fingerprint density at radius 3 is 2.55 bits per heavy atom. The van der Waals surface area contributed by atoms with Crippen LogP contribution in [0.5, 0.6) is 0 Å². The largest absolute Gasteiger partial charge is 0.241 e. The first kappa shape index (κ1) is 16.5. The van der Waals surface area contributed by atoms with Crippen LogP contribution in [-0.4, -0.2) is 14.0 Å². The quantitative estimate of drug-likeness (QED) is 0.923. The maximum absolute atomic E-state index is 12.5. The normalized spacial score (nSPS) is 25.1. The number of rotatable bonds is 4. The van der Waals surface area contributed by atoms with Gasteiger partial charge in [-0.25, -0.2) is 8.42 Å². The lowest BCUT2D eigenvalue weighted by molar-refractivity contribution is 0.270. The first-order valence-electron chi connectivity index (χ1n) is 7.32. The molecule has 5 nitrogen and oxygen atoms in total. The van der Waals surface area contributed by atoms with Gasteiger partial charge in [0.15, 0.2) is 0 Å². The Bertz CT molecular complexity index is 713. The van der Waals surface area contributed by atoms with Crippen molar-refractivity contribution in [3.63, 3.8) is 0 Å². The van der Waals surface area contributed by atoms with Gasteiger partial charge in [0.2, 0.25) is 10.0 Å². The van der Waals surface area contributed by atoms with Crippen LogP contribution < -0.4 is 4.72 Å². The van der Waals surface area contributed by atoms with E-state index in [1.165, 1.54) is 12.1 Å². The number of hydrogen-bond acceptors (Lipinski definition) is 4.